The Balaban J connectivity index is 2.89. The van der Waals surface area contributed by atoms with Crippen molar-refractivity contribution in [3.8, 4) is 23.0 Å². The van der Waals surface area contributed by atoms with Crippen LogP contribution in [0.15, 0.2) is 6.07 Å². The molecule has 0 saturated carbocycles. The summed E-state index contributed by atoms with van der Waals surface area (Å²) in [6.45, 7) is 9.70. The SMILES string of the molecule is CCOc1cc(CCCCCCC(C)C)c(OCC)c(OC)c1OC. The highest BCUT2D eigenvalue weighted by Gasteiger charge is 2.21. The Bertz CT molecular complexity index is 497. The van der Waals surface area contributed by atoms with Gasteiger partial charge in [-0.2, -0.15) is 0 Å². The Kier molecular flexibility index (Phi) is 10.2. The van der Waals surface area contributed by atoms with Gasteiger partial charge in [0.25, 0.3) is 0 Å². The number of aryl methyl sites for hydroxylation is 1. The first-order valence-electron chi connectivity index (χ1n) is 9.62. The van der Waals surface area contributed by atoms with Crippen molar-refractivity contribution in [1.82, 2.24) is 0 Å². The van der Waals surface area contributed by atoms with Crippen LogP contribution in [-0.2, 0) is 6.42 Å². The molecular weight excluding hydrogens is 316 g/mol. The van der Waals surface area contributed by atoms with Crippen molar-refractivity contribution in [3.05, 3.63) is 11.6 Å². The van der Waals surface area contributed by atoms with Crippen molar-refractivity contribution in [2.45, 2.75) is 66.2 Å². The van der Waals surface area contributed by atoms with Gasteiger partial charge in [-0.15, -0.1) is 0 Å². The molecule has 0 atom stereocenters. The van der Waals surface area contributed by atoms with E-state index in [1.54, 1.807) is 14.2 Å². The molecule has 1 aromatic carbocycles. The third-order valence-electron chi connectivity index (χ3n) is 4.21. The van der Waals surface area contributed by atoms with E-state index in [0.29, 0.717) is 24.7 Å². The third kappa shape index (κ3) is 6.68. The number of ether oxygens (including phenoxy) is 4. The lowest BCUT2D eigenvalue weighted by Crippen LogP contribution is -2.05. The van der Waals surface area contributed by atoms with Crippen LogP contribution in [0.2, 0.25) is 0 Å². The quantitative estimate of drug-likeness (QED) is 0.430. The van der Waals surface area contributed by atoms with Crippen LogP contribution < -0.4 is 18.9 Å². The summed E-state index contributed by atoms with van der Waals surface area (Å²) in [5.74, 6) is 3.54. The largest absolute Gasteiger partial charge is 0.490 e. The summed E-state index contributed by atoms with van der Waals surface area (Å²) < 4.78 is 22.7. The van der Waals surface area contributed by atoms with Gasteiger partial charge in [-0.05, 0) is 38.7 Å². The molecule has 0 saturated heterocycles. The molecule has 1 rings (SSSR count). The summed E-state index contributed by atoms with van der Waals surface area (Å²) in [5.41, 5.74) is 1.13. The molecular formula is C21H36O4. The molecule has 0 amide bonds. The Morgan fingerprint density at radius 3 is 2.00 bits per heavy atom. The van der Waals surface area contributed by atoms with Gasteiger partial charge in [-0.3, -0.25) is 0 Å². The first-order valence-corrected chi connectivity index (χ1v) is 9.62. The molecule has 0 aliphatic carbocycles. The minimum absolute atomic E-state index is 0.585. The molecule has 4 nitrogen and oxygen atoms in total. The normalized spacial score (nSPS) is 10.8. The zero-order valence-electron chi connectivity index (χ0n) is 16.9. The predicted molar refractivity (Wildman–Crippen MR) is 104 cm³/mol. The second-order valence-electron chi connectivity index (χ2n) is 6.64. The maximum Gasteiger partial charge on any atom is 0.207 e. The van der Waals surface area contributed by atoms with Gasteiger partial charge in [0.05, 0.1) is 27.4 Å². The molecule has 25 heavy (non-hydrogen) atoms. The van der Waals surface area contributed by atoms with Gasteiger partial charge in [0.1, 0.15) is 0 Å². The average Bonchev–Trinajstić information content (AvgIpc) is 2.59. The summed E-state index contributed by atoms with van der Waals surface area (Å²) in [7, 11) is 3.27. The van der Waals surface area contributed by atoms with Crippen molar-refractivity contribution < 1.29 is 18.9 Å². The fraction of sp³-hybridized carbons (Fsp3) is 0.714. The number of hydrogen-bond acceptors (Lipinski definition) is 4. The fourth-order valence-electron chi connectivity index (χ4n) is 3.00. The van der Waals surface area contributed by atoms with Crippen LogP contribution in [0.5, 0.6) is 23.0 Å². The molecule has 0 aliphatic heterocycles. The summed E-state index contributed by atoms with van der Waals surface area (Å²) >= 11 is 0. The topological polar surface area (TPSA) is 36.9 Å². The molecule has 0 aliphatic rings. The van der Waals surface area contributed by atoms with Crippen molar-refractivity contribution in [3.63, 3.8) is 0 Å². The van der Waals surface area contributed by atoms with E-state index in [0.717, 1.165) is 35.8 Å². The van der Waals surface area contributed by atoms with E-state index in [1.807, 2.05) is 19.9 Å². The summed E-state index contributed by atoms with van der Waals surface area (Å²) in [5, 5.41) is 0. The van der Waals surface area contributed by atoms with E-state index in [2.05, 4.69) is 13.8 Å². The van der Waals surface area contributed by atoms with E-state index in [1.165, 1.54) is 25.7 Å². The van der Waals surface area contributed by atoms with E-state index in [-0.39, 0.29) is 0 Å². The number of benzene rings is 1. The molecule has 0 bridgehead atoms. The van der Waals surface area contributed by atoms with E-state index in [9.17, 15) is 0 Å². The summed E-state index contributed by atoms with van der Waals surface area (Å²) in [6.07, 6.45) is 7.24. The molecule has 144 valence electrons. The molecule has 0 aromatic heterocycles. The smallest absolute Gasteiger partial charge is 0.207 e. The maximum atomic E-state index is 5.88. The monoisotopic (exact) mass is 352 g/mol. The average molecular weight is 353 g/mol. The van der Waals surface area contributed by atoms with Gasteiger partial charge in [-0.25, -0.2) is 0 Å². The van der Waals surface area contributed by atoms with Gasteiger partial charge in [0.2, 0.25) is 11.5 Å². The summed E-state index contributed by atoms with van der Waals surface area (Å²) in [6, 6.07) is 2.05. The third-order valence-corrected chi connectivity index (χ3v) is 4.21. The van der Waals surface area contributed by atoms with E-state index >= 15 is 0 Å². The molecule has 0 spiro atoms. The number of unbranched alkanes of at least 4 members (excludes halogenated alkanes) is 3. The van der Waals surface area contributed by atoms with E-state index in [4.69, 9.17) is 18.9 Å². The van der Waals surface area contributed by atoms with Gasteiger partial charge in [0.15, 0.2) is 11.5 Å². The fourth-order valence-corrected chi connectivity index (χ4v) is 3.00. The number of hydrogen-bond donors (Lipinski definition) is 0. The zero-order chi connectivity index (χ0) is 18.7. The second-order valence-corrected chi connectivity index (χ2v) is 6.64. The lowest BCUT2D eigenvalue weighted by molar-refractivity contribution is 0.274. The minimum atomic E-state index is 0.585. The Morgan fingerprint density at radius 1 is 0.800 bits per heavy atom. The number of rotatable bonds is 13. The lowest BCUT2D eigenvalue weighted by Gasteiger charge is -2.20. The molecule has 0 fully saturated rings. The molecule has 0 heterocycles. The van der Waals surface area contributed by atoms with Crippen LogP contribution in [-0.4, -0.2) is 27.4 Å². The molecule has 0 unspecified atom stereocenters. The van der Waals surface area contributed by atoms with Crippen LogP contribution >= 0.6 is 0 Å². The molecule has 0 radical (unpaired) electrons. The highest BCUT2D eigenvalue weighted by molar-refractivity contribution is 5.63. The highest BCUT2D eigenvalue weighted by atomic mass is 16.5. The van der Waals surface area contributed by atoms with Gasteiger partial charge in [-0.1, -0.05) is 39.5 Å². The summed E-state index contributed by atoms with van der Waals surface area (Å²) in [4.78, 5) is 0. The minimum Gasteiger partial charge on any atom is -0.490 e. The first kappa shape index (κ1) is 21.5. The van der Waals surface area contributed by atoms with Crippen LogP contribution in [0.1, 0.15) is 65.4 Å². The van der Waals surface area contributed by atoms with Crippen molar-refractivity contribution >= 4 is 0 Å². The zero-order valence-corrected chi connectivity index (χ0v) is 16.9. The van der Waals surface area contributed by atoms with Gasteiger partial charge >= 0.3 is 0 Å². The standard InChI is InChI=1S/C21H36O4/c1-7-24-18-15-17(14-12-10-9-11-13-16(3)4)19(25-8-2)21(23-6)20(18)22-5/h15-16H,7-14H2,1-6H3. The van der Waals surface area contributed by atoms with E-state index < -0.39 is 0 Å². The van der Waals surface area contributed by atoms with Gasteiger partial charge < -0.3 is 18.9 Å². The van der Waals surface area contributed by atoms with Crippen molar-refractivity contribution in [2.75, 3.05) is 27.4 Å². The molecule has 1 aromatic rings. The lowest BCUT2D eigenvalue weighted by atomic mass is 10.0. The molecule has 0 N–H and O–H groups in total. The van der Waals surface area contributed by atoms with Gasteiger partial charge in [0, 0.05) is 5.56 Å². The van der Waals surface area contributed by atoms with Crippen molar-refractivity contribution in [2.24, 2.45) is 5.92 Å². The first-order chi connectivity index (χ1) is 12.1. The predicted octanol–water partition coefficient (Wildman–Crippen LogP) is 5.65. The Labute approximate surface area is 153 Å². The Morgan fingerprint density at radius 2 is 1.44 bits per heavy atom. The maximum absolute atomic E-state index is 5.88. The van der Waals surface area contributed by atoms with Crippen LogP contribution in [0.25, 0.3) is 0 Å². The Hall–Kier alpha value is -1.58. The van der Waals surface area contributed by atoms with Crippen molar-refractivity contribution in [1.29, 1.82) is 0 Å². The molecule has 4 heteroatoms. The highest BCUT2D eigenvalue weighted by Crippen LogP contribution is 2.47. The van der Waals surface area contributed by atoms with Crippen LogP contribution in [0.4, 0.5) is 0 Å². The van der Waals surface area contributed by atoms with Crippen LogP contribution in [0.3, 0.4) is 0 Å². The second kappa shape index (κ2) is 11.9. The van der Waals surface area contributed by atoms with Crippen LogP contribution in [0, 0.1) is 5.92 Å². The number of methoxy groups -OCH3 is 2.